The van der Waals surface area contributed by atoms with Gasteiger partial charge in [0.1, 0.15) is 13.2 Å². The lowest BCUT2D eigenvalue weighted by atomic mass is 10.0. The third-order valence-corrected chi connectivity index (χ3v) is 15.1. The molecule has 1 unspecified atom stereocenters. The molecule has 6 heteroatoms. The van der Waals surface area contributed by atoms with Crippen LogP contribution in [0.25, 0.3) is 0 Å². The minimum absolute atomic E-state index is 0.0813. The van der Waals surface area contributed by atoms with Gasteiger partial charge in [-0.3, -0.25) is 14.4 Å². The Morgan fingerprint density at radius 3 is 0.753 bits per heavy atom. The first-order chi connectivity index (χ1) is 40.0. The lowest BCUT2D eigenvalue weighted by Crippen LogP contribution is -2.30. The quantitative estimate of drug-likeness (QED) is 0.0261. The van der Waals surface area contributed by atoms with Gasteiger partial charge in [0.2, 0.25) is 0 Å². The first-order valence-electron chi connectivity index (χ1n) is 34.7. The van der Waals surface area contributed by atoms with E-state index < -0.39 is 6.10 Å². The molecule has 0 spiro atoms. The summed E-state index contributed by atoms with van der Waals surface area (Å²) in [6.45, 7) is 6.45. The minimum atomic E-state index is -0.785. The van der Waals surface area contributed by atoms with Crippen LogP contribution >= 0.6 is 0 Å². The molecule has 0 saturated heterocycles. The van der Waals surface area contributed by atoms with E-state index in [2.05, 4.69) is 118 Å². The molecule has 0 radical (unpaired) electrons. The third kappa shape index (κ3) is 67.0. The molecule has 0 N–H and O–H groups in total. The lowest BCUT2D eigenvalue weighted by molar-refractivity contribution is -0.167. The second-order valence-corrected chi connectivity index (χ2v) is 23.0. The van der Waals surface area contributed by atoms with Crippen molar-refractivity contribution in [2.24, 2.45) is 0 Å². The molecule has 0 fully saturated rings. The van der Waals surface area contributed by atoms with E-state index in [9.17, 15) is 14.4 Å². The molecular formula is C75H130O6. The Hall–Kier alpha value is -3.67. The van der Waals surface area contributed by atoms with Gasteiger partial charge in [0.25, 0.3) is 0 Å². The number of carbonyl (C=O) groups is 3. The molecule has 0 amide bonds. The molecule has 0 aliphatic heterocycles. The molecule has 0 heterocycles. The second-order valence-electron chi connectivity index (χ2n) is 23.0. The maximum Gasteiger partial charge on any atom is 0.306 e. The number of rotatable bonds is 63. The van der Waals surface area contributed by atoms with Crippen LogP contribution in [-0.4, -0.2) is 37.2 Å². The van der Waals surface area contributed by atoms with Gasteiger partial charge in [0.15, 0.2) is 6.10 Å². The number of hydrogen-bond donors (Lipinski definition) is 0. The Morgan fingerprint density at radius 1 is 0.259 bits per heavy atom. The first-order valence-corrected chi connectivity index (χ1v) is 34.7. The van der Waals surface area contributed by atoms with Crippen molar-refractivity contribution in [3.8, 4) is 0 Å². The van der Waals surface area contributed by atoms with Crippen molar-refractivity contribution in [1.82, 2.24) is 0 Å². The zero-order valence-corrected chi connectivity index (χ0v) is 53.5. The first kappa shape index (κ1) is 77.3. The maximum absolute atomic E-state index is 13.0. The van der Waals surface area contributed by atoms with Gasteiger partial charge in [0, 0.05) is 19.3 Å². The predicted octanol–water partition coefficient (Wildman–Crippen LogP) is 24.0. The van der Waals surface area contributed by atoms with Gasteiger partial charge in [0.05, 0.1) is 0 Å². The fourth-order valence-electron chi connectivity index (χ4n) is 9.96. The Morgan fingerprint density at radius 2 is 0.481 bits per heavy atom. The van der Waals surface area contributed by atoms with Gasteiger partial charge in [-0.25, -0.2) is 0 Å². The number of allylic oxidation sites excluding steroid dienone is 16. The van der Waals surface area contributed by atoms with E-state index in [0.29, 0.717) is 19.3 Å². The molecule has 0 aromatic rings. The number of unbranched alkanes of at least 4 members (excludes halogenated alkanes) is 36. The minimum Gasteiger partial charge on any atom is -0.462 e. The van der Waals surface area contributed by atoms with Gasteiger partial charge in [-0.1, -0.05) is 323 Å². The average molecular weight is 1130 g/mol. The van der Waals surface area contributed by atoms with Gasteiger partial charge < -0.3 is 14.2 Å². The van der Waals surface area contributed by atoms with Gasteiger partial charge >= 0.3 is 17.9 Å². The van der Waals surface area contributed by atoms with Crippen LogP contribution in [0.1, 0.15) is 342 Å². The SMILES string of the molecule is CC/C=C\C/C=C\C/C=C\C/C=C\C/C=C\CCCCCCCCCCCC(=O)OCC(COC(=O)CCCCCCCCC/C=C\C/C=C\C/C=C\CC)OC(=O)CCCCCCCCCCCCCCCCCCCCCCC. The molecule has 1 atom stereocenters. The van der Waals surface area contributed by atoms with E-state index in [1.165, 1.54) is 180 Å². The van der Waals surface area contributed by atoms with Gasteiger partial charge in [-0.2, -0.15) is 0 Å². The zero-order valence-electron chi connectivity index (χ0n) is 53.5. The average Bonchev–Trinajstić information content (AvgIpc) is 3.47. The molecule has 0 rings (SSSR count). The summed E-state index contributed by atoms with van der Waals surface area (Å²) in [5.41, 5.74) is 0. The number of ether oxygens (including phenoxy) is 3. The summed E-state index contributed by atoms with van der Waals surface area (Å²) < 4.78 is 17.0. The monoisotopic (exact) mass is 1130 g/mol. The molecule has 466 valence electrons. The fourth-order valence-corrected chi connectivity index (χ4v) is 9.96. The highest BCUT2D eigenvalue weighted by atomic mass is 16.6. The summed E-state index contributed by atoms with van der Waals surface area (Å²) in [6.07, 6.45) is 92.8. The van der Waals surface area contributed by atoms with E-state index in [1.807, 2.05) is 0 Å². The number of hydrogen-bond acceptors (Lipinski definition) is 6. The largest absolute Gasteiger partial charge is 0.462 e. The highest BCUT2D eigenvalue weighted by Gasteiger charge is 2.19. The summed E-state index contributed by atoms with van der Waals surface area (Å²) in [5.74, 6) is -0.879. The Balaban J connectivity index is 4.36. The molecule has 0 aromatic heterocycles. The molecular weight excluding hydrogens is 997 g/mol. The van der Waals surface area contributed by atoms with Gasteiger partial charge in [-0.15, -0.1) is 0 Å². The van der Waals surface area contributed by atoms with E-state index >= 15 is 0 Å². The van der Waals surface area contributed by atoms with Crippen LogP contribution < -0.4 is 0 Å². The summed E-state index contributed by atoms with van der Waals surface area (Å²) in [6, 6.07) is 0. The van der Waals surface area contributed by atoms with E-state index in [4.69, 9.17) is 14.2 Å². The molecule has 0 aliphatic rings. The summed E-state index contributed by atoms with van der Waals surface area (Å²) in [4.78, 5) is 38.5. The van der Waals surface area contributed by atoms with Crippen LogP contribution in [-0.2, 0) is 28.6 Å². The molecule has 0 aliphatic carbocycles. The smallest absolute Gasteiger partial charge is 0.306 e. The Labute approximate surface area is 502 Å². The normalized spacial score (nSPS) is 12.7. The zero-order chi connectivity index (χ0) is 58.5. The maximum atomic E-state index is 13.0. The van der Waals surface area contributed by atoms with E-state index in [1.54, 1.807) is 0 Å². The van der Waals surface area contributed by atoms with Crippen molar-refractivity contribution >= 4 is 17.9 Å². The van der Waals surface area contributed by atoms with Crippen LogP contribution in [0.15, 0.2) is 97.2 Å². The third-order valence-electron chi connectivity index (χ3n) is 15.1. The number of carbonyl (C=O) groups excluding carboxylic acids is 3. The predicted molar refractivity (Wildman–Crippen MR) is 353 cm³/mol. The van der Waals surface area contributed by atoms with E-state index in [-0.39, 0.29) is 31.1 Å². The molecule has 6 nitrogen and oxygen atoms in total. The van der Waals surface area contributed by atoms with Crippen LogP contribution in [0.4, 0.5) is 0 Å². The highest BCUT2D eigenvalue weighted by molar-refractivity contribution is 5.71. The van der Waals surface area contributed by atoms with Crippen LogP contribution in [0.3, 0.4) is 0 Å². The van der Waals surface area contributed by atoms with Crippen LogP contribution in [0, 0.1) is 0 Å². The fraction of sp³-hybridized carbons (Fsp3) is 0.747. The van der Waals surface area contributed by atoms with Gasteiger partial charge in [-0.05, 0) is 96.3 Å². The lowest BCUT2D eigenvalue weighted by Gasteiger charge is -2.18. The summed E-state index contributed by atoms with van der Waals surface area (Å²) in [5, 5.41) is 0. The van der Waals surface area contributed by atoms with Crippen LogP contribution in [0.5, 0.6) is 0 Å². The topological polar surface area (TPSA) is 78.9 Å². The molecule has 0 saturated carbocycles. The summed E-state index contributed by atoms with van der Waals surface area (Å²) >= 11 is 0. The Kier molecular flexibility index (Phi) is 65.7. The van der Waals surface area contributed by atoms with Crippen LogP contribution in [0.2, 0.25) is 0 Å². The Bertz CT molecular complexity index is 1580. The second kappa shape index (κ2) is 68.8. The molecule has 0 bridgehead atoms. The standard InChI is InChI=1S/C75H130O6/c1-4-7-10-13-16-19-22-25-28-31-33-35-36-37-38-40-41-44-47-50-53-56-59-62-65-68-74(77)80-71-72(70-79-73(76)67-64-61-58-55-52-49-46-43-30-27-24-21-18-15-12-9-6-3)81-75(78)69-66-63-60-57-54-51-48-45-42-39-34-32-29-26-23-20-17-14-11-8-5-2/h7,9-10,12,16,18-19,21,25,27-28,30,33,35,37-38,72H,4-6,8,11,13-15,17,20,22-24,26,29,31-32,34,36,39-71H2,1-3H3/b10-7-,12-9-,19-16-,21-18-,28-25-,30-27-,35-33-,38-37-. The van der Waals surface area contributed by atoms with Crippen molar-refractivity contribution in [2.75, 3.05) is 13.2 Å². The van der Waals surface area contributed by atoms with E-state index in [0.717, 1.165) is 122 Å². The van der Waals surface area contributed by atoms with Crippen molar-refractivity contribution in [2.45, 2.75) is 348 Å². The molecule has 0 aromatic carbocycles. The number of esters is 3. The molecule has 81 heavy (non-hydrogen) atoms. The highest BCUT2D eigenvalue weighted by Crippen LogP contribution is 2.18. The summed E-state index contributed by atoms with van der Waals surface area (Å²) in [7, 11) is 0. The van der Waals surface area contributed by atoms with Crippen molar-refractivity contribution in [1.29, 1.82) is 0 Å². The van der Waals surface area contributed by atoms with Crippen molar-refractivity contribution in [3.05, 3.63) is 97.2 Å². The van der Waals surface area contributed by atoms with Crippen molar-refractivity contribution < 1.29 is 28.6 Å². The van der Waals surface area contributed by atoms with Crippen molar-refractivity contribution in [3.63, 3.8) is 0 Å².